The Hall–Kier alpha value is -1.59. The maximum atomic E-state index is 12.1. The molecular formula is C18H28N2O3. The van der Waals surface area contributed by atoms with Gasteiger partial charge in [-0.05, 0) is 39.2 Å². The molecule has 1 heterocycles. The summed E-state index contributed by atoms with van der Waals surface area (Å²) in [7, 11) is 0. The average molecular weight is 320 g/mol. The van der Waals surface area contributed by atoms with E-state index in [-0.39, 0.29) is 12.1 Å². The van der Waals surface area contributed by atoms with Crippen LogP contribution in [-0.4, -0.2) is 37.5 Å². The van der Waals surface area contributed by atoms with Gasteiger partial charge >= 0.3 is 6.09 Å². The fourth-order valence-corrected chi connectivity index (χ4v) is 2.57. The van der Waals surface area contributed by atoms with Gasteiger partial charge in [-0.15, -0.1) is 0 Å². The van der Waals surface area contributed by atoms with Gasteiger partial charge in [0.15, 0.2) is 0 Å². The molecule has 0 spiro atoms. The summed E-state index contributed by atoms with van der Waals surface area (Å²) in [6.45, 7) is 7.87. The van der Waals surface area contributed by atoms with Crippen LogP contribution in [0.25, 0.3) is 0 Å². The maximum Gasteiger partial charge on any atom is 0.408 e. The molecule has 1 amide bonds. The molecule has 0 saturated carbocycles. The lowest BCUT2D eigenvalue weighted by Crippen LogP contribution is -2.43. The van der Waals surface area contributed by atoms with E-state index >= 15 is 0 Å². The largest absolute Gasteiger partial charge is 0.444 e. The minimum atomic E-state index is -0.501. The van der Waals surface area contributed by atoms with Crippen LogP contribution in [0.3, 0.4) is 0 Å². The second-order valence-corrected chi connectivity index (χ2v) is 6.90. The van der Waals surface area contributed by atoms with Crippen LogP contribution in [0.15, 0.2) is 30.3 Å². The first-order valence-electron chi connectivity index (χ1n) is 8.29. The van der Waals surface area contributed by atoms with Gasteiger partial charge in [0.05, 0.1) is 6.04 Å². The summed E-state index contributed by atoms with van der Waals surface area (Å²) in [5.41, 5.74) is 0.567. The Labute approximate surface area is 138 Å². The van der Waals surface area contributed by atoms with E-state index in [0.717, 1.165) is 31.6 Å². The molecule has 1 aliphatic rings. The first-order valence-corrected chi connectivity index (χ1v) is 8.29. The number of ether oxygens (including phenoxy) is 2. The van der Waals surface area contributed by atoms with E-state index in [0.29, 0.717) is 12.6 Å². The van der Waals surface area contributed by atoms with Gasteiger partial charge in [0, 0.05) is 25.8 Å². The molecule has 0 radical (unpaired) electrons. The molecule has 2 rings (SSSR count). The Morgan fingerprint density at radius 3 is 2.52 bits per heavy atom. The second-order valence-electron chi connectivity index (χ2n) is 6.90. The van der Waals surface area contributed by atoms with E-state index in [1.807, 2.05) is 51.1 Å². The van der Waals surface area contributed by atoms with E-state index in [2.05, 4.69) is 10.6 Å². The van der Waals surface area contributed by atoms with Crippen LogP contribution in [0.2, 0.25) is 0 Å². The SMILES string of the molecule is CC(C)(C)OC(=O)N[C@@H](CNC1CCOCC1)c1ccccc1. The van der Waals surface area contributed by atoms with Crippen LogP contribution in [0.5, 0.6) is 0 Å². The zero-order chi connectivity index (χ0) is 16.7. The highest BCUT2D eigenvalue weighted by Crippen LogP contribution is 2.15. The van der Waals surface area contributed by atoms with E-state index in [1.54, 1.807) is 0 Å². The van der Waals surface area contributed by atoms with Gasteiger partial charge < -0.3 is 20.1 Å². The highest BCUT2D eigenvalue weighted by molar-refractivity contribution is 5.68. The minimum absolute atomic E-state index is 0.117. The molecule has 1 atom stereocenters. The van der Waals surface area contributed by atoms with Crippen molar-refractivity contribution in [1.82, 2.24) is 10.6 Å². The van der Waals surface area contributed by atoms with Crippen molar-refractivity contribution in [3.8, 4) is 0 Å². The lowest BCUT2D eigenvalue weighted by molar-refractivity contribution is 0.0495. The molecule has 1 aliphatic heterocycles. The van der Waals surface area contributed by atoms with Gasteiger partial charge in [0.2, 0.25) is 0 Å². The number of carbonyl (C=O) groups excluding carboxylic acids is 1. The predicted molar refractivity (Wildman–Crippen MR) is 90.4 cm³/mol. The maximum absolute atomic E-state index is 12.1. The highest BCUT2D eigenvalue weighted by atomic mass is 16.6. The van der Waals surface area contributed by atoms with Crippen LogP contribution in [0, 0.1) is 0 Å². The predicted octanol–water partition coefficient (Wildman–Crippen LogP) is 3.02. The van der Waals surface area contributed by atoms with Crippen molar-refractivity contribution >= 4 is 6.09 Å². The Kier molecular flexibility index (Phi) is 6.42. The summed E-state index contributed by atoms with van der Waals surface area (Å²) in [5, 5.41) is 6.51. The zero-order valence-corrected chi connectivity index (χ0v) is 14.3. The van der Waals surface area contributed by atoms with Gasteiger partial charge in [-0.25, -0.2) is 4.79 Å². The zero-order valence-electron chi connectivity index (χ0n) is 14.3. The summed E-state index contributed by atoms with van der Waals surface area (Å²) in [5.74, 6) is 0. The molecule has 2 N–H and O–H groups in total. The molecule has 5 heteroatoms. The van der Waals surface area contributed by atoms with Crippen molar-refractivity contribution in [1.29, 1.82) is 0 Å². The smallest absolute Gasteiger partial charge is 0.408 e. The van der Waals surface area contributed by atoms with Gasteiger partial charge in [-0.2, -0.15) is 0 Å². The summed E-state index contributed by atoms with van der Waals surface area (Å²) in [4.78, 5) is 12.1. The summed E-state index contributed by atoms with van der Waals surface area (Å²) < 4.78 is 10.8. The normalized spacial score (nSPS) is 17.5. The van der Waals surface area contributed by atoms with E-state index in [9.17, 15) is 4.79 Å². The monoisotopic (exact) mass is 320 g/mol. The molecular weight excluding hydrogens is 292 g/mol. The van der Waals surface area contributed by atoms with E-state index in [1.165, 1.54) is 0 Å². The number of hydrogen-bond acceptors (Lipinski definition) is 4. The first-order chi connectivity index (χ1) is 10.9. The number of alkyl carbamates (subject to hydrolysis) is 1. The molecule has 0 aliphatic carbocycles. The van der Waals surface area contributed by atoms with Crippen molar-refractivity contribution in [2.75, 3.05) is 19.8 Å². The van der Waals surface area contributed by atoms with Gasteiger partial charge in [0.1, 0.15) is 5.60 Å². The number of carbonyl (C=O) groups is 1. The molecule has 128 valence electrons. The van der Waals surface area contributed by atoms with Crippen molar-refractivity contribution < 1.29 is 14.3 Å². The van der Waals surface area contributed by atoms with E-state index < -0.39 is 5.60 Å². The topological polar surface area (TPSA) is 59.6 Å². The van der Waals surface area contributed by atoms with Crippen molar-refractivity contribution in [3.63, 3.8) is 0 Å². The van der Waals surface area contributed by atoms with E-state index in [4.69, 9.17) is 9.47 Å². The highest BCUT2D eigenvalue weighted by Gasteiger charge is 2.22. The summed E-state index contributed by atoms with van der Waals surface area (Å²) in [6.07, 6.45) is 1.63. The molecule has 0 unspecified atom stereocenters. The molecule has 5 nitrogen and oxygen atoms in total. The molecule has 0 bridgehead atoms. The Bertz CT molecular complexity index is 479. The number of nitrogens with one attached hydrogen (secondary N) is 2. The fraction of sp³-hybridized carbons (Fsp3) is 0.611. The van der Waals surface area contributed by atoms with Crippen LogP contribution >= 0.6 is 0 Å². The molecule has 1 aromatic rings. The molecule has 1 aromatic carbocycles. The molecule has 0 aromatic heterocycles. The fourth-order valence-electron chi connectivity index (χ4n) is 2.57. The number of amides is 1. The number of benzene rings is 1. The third-order valence-electron chi connectivity index (χ3n) is 3.72. The number of rotatable bonds is 5. The standard InChI is InChI=1S/C18H28N2O3/c1-18(2,3)23-17(21)20-16(14-7-5-4-6-8-14)13-19-15-9-11-22-12-10-15/h4-8,15-16,19H,9-13H2,1-3H3,(H,20,21)/t16-/m0/s1. The molecule has 23 heavy (non-hydrogen) atoms. The second kappa shape index (κ2) is 8.31. The Balaban J connectivity index is 1.96. The summed E-state index contributed by atoms with van der Waals surface area (Å²) >= 11 is 0. The van der Waals surface area contributed by atoms with Crippen molar-refractivity contribution in [2.24, 2.45) is 0 Å². The molecule has 1 fully saturated rings. The Morgan fingerprint density at radius 2 is 1.91 bits per heavy atom. The van der Waals surface area contributed by atoms with Crippen molar-refractivity contribution in [3.05, 3.63) is 35.9 Å². The van der Waals surface area contributed by atoms with Crippen LogP contribution in [-0.2, 0) is 9.47 Å². The molecule has 1 saturated heterocycles. The van der Waals surface area contributed by atoms with Crippen LogP contribution in [0.4, 0.5) is 4.79 Å². The van der Waals surface area contributed by atoms with Gasteiger partial charge in [0.25, 0.3) is 0 Å². The lowest BCUT2D eigenvalue weighted by Gasteiger charge is -2.28. The first kappa shape index (κ1) is 17.8. The number of hydrogen-bond donors (Lipinski definition) is 2. The third kappa shape index (κ3) is 6.59. The van der Waals surface area contributed by atoms with Crippen LogP contribution in [0.1, 0.15) is 45.2 Å². The average Bonchev–Trinajstić information content (AvgIpc) is 2.51. The minimum Gasteiger partial charge on any atom is -0.444 e. The van der Waals surface area contributed by atoms with Crippen LogP contribution < -0.4 is 10.6 Å². The van der Waals surface area contributed by atoms with Crippen molar-refractivity contribution in [2.45, 2.75) is 51.3 Å². The Morgan fingerprint density at radius 1 is 1.26 bits per heavy atom. The third-order valence-corrected chi connectivity index (χ3v) is 3.72. The summed E-state index contributed by atoms with van der Waals surface area (Å²) in [6, 6.07) is 10.3. The van der Waals surface area contributed by atoms with Gasteiger partial charge in [-0.1, -0.05) is 30.3 Å². The quantitative estimate of drug-likeness (QED) is 0.875. The van der Waals surface area contributed by atoms with Gasteiger partial charge in [-0.3, -0.25) is 0 Å². The lowest BCUT2D eigenvalue weighted by atomic mass is 10.0.